The third-order valence-electron chi connectivity index (χ3n) is 3.26. The maximum Gasteiger partial charge on any atom is 0.344 e. The second-order valence-electron chi connectivity index (χ2n) is 4.58. The van der Waals surface area contributed by atoms with Crippen LogP contribution in [0.5, 0.6) is 5.75 Å². The molecule has 1 heterocycles. The Morgan fingerprint density at radius 2 is 1.95 bits per heavy atom. The second kappa shape index (κ2) is 4.80. The third-order valence-corrected chi connectivity index (χ3v) is 3.76. The summed E-state index contributed by atoms with van der Waals surface area (Å²) in [5.41, 5.74) is 2.18. The summed E-state index contributed by atoms with van der Waals surface area (Å²) in [5, 5.41) is 10.3. The van der Waals surface area contributed by atoms with Gasteiger partial charge < -0.3 is 9.52 Å². The molecule has 2 aromatic carbocycles. The fourth-order valence-corrected chi connectivity index (χ4v) is 2.72. The Labute approximate surface area is 123 Å². The number of halogens is 1. The van der Waals surface area contributed by atoms with Crippen LogP contribution in [-0.4, -0.2) is 5.11 Å². The molecule has 0 aliphatic carbocycles. The van der Waals surface area contributed by atoms with E-state index in [4.69, 9.17) is 4.42 Å². The number of fused-ring (bicyclic) bond motifs is 1. The predicted molar refractivity (Wildman–Crippen MR) is 82.0 cm³/mol. The molecule has 1 N–H and O–H groups in total. The van der Waals surface area contributed by atoms with Crippen molar-refractivity contribution in [1.82, 2.24) is 0 Å². The maximum absolute atomic E-state index is 12.2. The van der Waals surface area contributed by atoms with Crippen LogP contribution in [0.15, 0.2) is 56.1 Å². The van der Waals surface area contributed by atoms with Crippen molar-refractivity contribution in [1.29, 1.82) is 0 Å². The third kappa shape index (κ3) is 2.12. The molecule has 20 heavy (non-hydrogen) atoms. The molecule has 0 fully saturated rings. The number of aryl methyl sites for hydroxylation is 1. The molecule has 3 aromatic rings. The molecule has 1 aromatic heterocycles. The fourth-order valence-electron chi connectivity index (χ4n) is 2.32. The van der Waals surface area contributed by atoms with Gasteiger partial charge in [0.2, 0.25) is 0 Å². The molecule has 0 aliphatic heterocycles. The molecule has 3 nitrogen and oxygen atoms in total. The first kappa shape index (κ1) is 12.9. The molecule has 0 radical (unpaired) electrons. The monoisotopic (exact) mass is 330 g/mol. The lowest BCUT2D eigenvalue weighted by Gasteiger charge is -2.08. The van der Waals surface area contributed by atoms with Gasteiger partial charge in [-0.05, 0) is 42.3 Å². The number of phenols is 1. The first-order valence-corrected chi connectivity index (χ1v) is 6.88. The highest BCUT2D eigenvalue weighted by molar-refractivity contribution is 9.10. The molecular formula is C16H11BrO3. The highest BCUT2D eigenvalue weighted by Gasteiger charge is 2.13. The molecule has 3 rings (SSSR count). The molecule has 100 valence electrons. The van der Waals surface area contributed by atoms with Crippen LogP contribution in [0.1, 0.15) is 5.56 Å². The van der Waals surface area contributed by atoms with Crippen molar-refractivity contribution in [3.05, 3.63) is 62.9 Å². The van der Waals surface area contributed by atoms with Gasteiger partial charge in [-0.25, -0.2) is 4.79 Å². The van der Waals surface area contributed by atoms with Gasteiger partial charge >= 0.3 is 5.63 Å². The standard InChI is InChI=1S/C16H11BrO3/c1-9-13-6-5-12(18)8-14(13)20-16(19)15(9)10-3-2-4-11(17)7-10/h2-8,18H,1H3. The Morgan fingerprint density at radius 3 is 2.70 bits per heavy atom. The van der Waals surface area contributed by atoms with E-state index in [9.17, 15) is 9.90 Å². The molecular weight excluding hydrogens is 320 g/mol. The number of phenolic OH excluding ortho intramolecular Hbond substituents is 1. The van der Waals surface area contributed by atoms with Crippen LogP contribution < -0.4 is 5.63 Å². The topological polar surface area (TPSA) is 50.4 Å². The van der Waals surface area contributed by atoms with Crippen molar-refractivity contribution in [2.45, 2.75) is 6.92 Å². The lowest BCUT2D eigenvalue weighted by Crippen LogP contribution is -2.05. The molecule has 4 heteroatoms. The van der Waals surface area contributed by atoms with Crippen molar-refractivity contribution in [2.24, 2.45) is 0 Å². The normalized spacial score (nSPS) is 10.9. The number of aromatic hydroxyl groups is 1. The van der Waals surface area contributed by atoms with E-state index >= 15 is 0 Å². The van der Waals surface area contributed by atoms with E-state index in [-0.39, 0.29) is 5.75 Å². The quantitative estimate of drug-likeness (QED) is 0.679. The van der Waals surface area contributed by atoms with E-state index in [0.29, 0.717) is 11.1 Å². The van der Waals surface area contributed by atoms with Crippen LogP contribution in [0.25, 0.3) is 22.1 Å². The Balaban J connectivity index is 2.37. The average Bonchev–Trinajstić information content (AvgIpc) is 2.38. The smallest absolute Gasteiger partial charge is 0.344 e. The van der Waals surface area contributed by atoms with Gasteiger partial charge in [-0.1, -0.05) is 28.1 Å². The first-order chi connectivity index (χ1) is 9.56. The SMILES string of the molecule is Cc1c(-c2cccc(Br)c2)c(=O)oc2cc(O)ccc12. The lowest BCUT2D eigenvalue weighted by atomic mass is 10.00. The Kier molecular flexibility index (Phi) is 3.10. The Bertz CT molecular complexity index is 865. The minimum atomic E-state index is -0.404. The summed E-state index contributed by atoms with van der Waals surface area (Å²) in [4.78, 5) is 12.2. The molecule has 0 atom stereocenters. The van der Waals surface area contributed by atoms with E-state index in [1.54, 1.807) is 12.1 Å². The number of rotatable bonds is 1. The van der Waals surface area contributed by atoms with Crippen molar-refractivity contribution >= 4 is 26.9 Å². The molecule has 0 bridgehead atoms. The number of hydrogen-bond acceptors (Lipinski definition) is 3. The van der Waals surface area contributed by atoms with E-state index in [2.05, 4.69) is 15.9 Å². The van der Waals surface area contributed by atoms with Crippen LogP contribution in [0, 0.1) is 6.92 Å². The van der Waals surface area contributed by atoms with Crippen LogP contribution in [0.4, 0.5) is 0 Å². The zero-order valence-electron chi connectivity index (χ0n) is 10.7. The van der Waals surface area contributed by atoms with E-state index in [1.807, 2.05) is 31.2 Å². The lowest BCUT2D eigenvalue weighted by molar-refractivity contribution is 0.473. The van der Waals surface area contributed by atoms with Crippen LogP contribution >= 0.6 is 15.9 Å². The van der Waals surface area contributed by atoms with Gasteiger partial charge in [0.05, 0.1) is 5.56 Å². The summed E-state index contributed by atoms with van der Waals surface area (Å²) in [6.07, 6.45) is 0. The first-order valence-electron chi connectivity index (χ1n) is 6.08. The molecule has 0 aliphatic rings. The molecule has 0 spiro atoms. The van der Waals surface area contributed by atoms with Gasteiger partial charge in [-0.2, -0.15) is 0 Å². The average molecular weight is 331 g/mol. The largest absolute Gasteiger partial charge is 0.508 e. The summed E-state index contributed by atoms with van der Waals surface area (Å²) in [6, 6.07) is 12.3. The van der Waals surface area contributed by atoms with Gasteiger partial charge in [0.15, 0.2) is 0 Å². The molecule has 0 saturated carbocycles. The molecule has 0 saturated heterocycles. The summed E-state index contributed by atoms with van der Waals surface area (Å²) >= 11 is 3.40. The predicted octanol–water partition coefficient (Wildman–Crippen LogP) is 4.24. The minimum Gasteiger partial charge on any atom is -0.508 e. The number of hydrogen-bond donors (Lipinski definition) is 1. The van der Waals surface area contributed by atoms with Crippen molar-refractivity contribution in [2.75, 3.05) is 0 Å². The molecule has 0 amide bonds. The van der Waals surface area contributed by atoms with E-state index < -0.39 is 5.63 Å². The van der Waals surface area contributed by atoms with Crippen molar-refractivity contribution < 1.29 is 9.52 Å². The zero-order valence-corrected chi connectivity index (χ0v) is 12.3. The Hall–Kier alpha value is -2.07. The Morgan fingerprint density at radius 1 is 1.15 bits per heavy atom. The van der Waals surface area contributed by atoms with Gasteiger partial charge in [0.25, 0.3) is 0 Å². The second-order valence-corrected chi connectivity index (χ2v) is 5.50. The van der Waals surface area contributed by atoms with Crippen LogP contribution in [0.3, 0.4) is 0 Å². The van der Waals surface area contributed by atoms with Gasteiger partial charge in [-0.15, -0.1) is 0 Å². The maximum atomic E-state index is 12.2. The van der Waals surface area contributed by atoms with Gasteiger partial charge in [0, 0.05) is 15.9 Å². The van der Waals surface area contributed by atoms with E-state index in [1.165, 1.54) is 6.07 Å². The highest BCUT2D eigenvalue weighted by atomic mass is 79.9. The zero-order chi connectivity index (χ0) is 14.3. The van der Waals surface area contributed by atoms with Gasteiger partial charge in [0.1, 0.15) is 11.3 Å². The summed E-state index contributed by atoms with van der Waals surface area (Å²) < 4.78 is 6.22. The van der Waals surface area contributed by atoms with Crippen molar-refractivity contribution in [3.63, 3.8) is 0 Å². The van der Waals surface area contributed by atoms with Crippen molar-refractivity contribution in [3.8, 4) is 16.9 Å². The summed E-state index contributed by atoms with van der Waals surface area (Å²) in [5.74, 6) is 0.0789. The van der Waals surface area contributed by atoms with Crippen LogP contribution in [0.2, 0.25) is 0 Å². The summed E-state index contributed by atoms with van der Waals surface area (Å²) in [6.45, 7) is 1.88. The minimum absolute atomic E-state index is 0.0789. The van der Waals surface area contributed by atoms with E-state index in [0.717, 1.165) is 21.0 Å². The fraction of sp³-hybridized carbons (Fsp3) is 0.0625. The summed E-state index contributed by atoms with van der Waals surface area (Å²) in [7, 11) is 0. The number of benzene rings is 2. The molecule has 0 unspecified atom stereocenters. The van der Waals surface area contributed by atoms with Gasteiger partial charge in [-0.3, -0.25) is 0 Å². The van der Waals surface area contributed by atoms with Crippen LogP contribution in [-0.2, 0) is 0 Å². The highest BCUT2D eigenvalue weighted by Crippen LogP contribution is 2.29.